The molecule has 1 aromatic heterocycles. The maximum Gasteiger partial charge on any atom is 0.435 e. The summed E-state index contributed by atoms with van der Waals surface area (Å²) >= 11 is 13.3. The van der Waals surface area contributed by atoms with Crippen LogP contribution >= 0.6 is 34.5 Å². The van der Waals surface area contributed by atoms with E-state index in [-0.39, 0.29) is 21.3 Å². The maximum atomic E-state index is 14.0. The molecule has 0 N–H and O–H groups in total. The molecule has 134 valence electrons. The largest absolute Gasteiger partial charge is 0.435 e. The zero-order valence-corrected chi connectivity index (χ0v) is 15.3. The molecular formula is C18H10Cl2F3NOS. The zero-order valence-electron chi connectivity index (χ0n) is 13.0. The maximum absolute atomic E-state index is 14.0. The van der Waals surface area contributed by atoms with E-state index in [1.54, 1.807) is 12.1 Å². The highest BCUT2D eigenvalue weighted by atomic mass is 35.5. The summed E-state index contributed by atoms with van der Waals surface area (Å²) in [5.74, 6) is 0. The predicted octanol–water partition coefficient (Wildman–Crippen LogP) is 6.79. The first-order valence-electron chi connectivity index (χ1n) is 7.55. The lowest BCUT2D eigenvalue weighted by atomic mass is 9.86. The van der Waals surface area contributed by atoms with Crippen LogP contribution in [-0.2, 0) is 10.4 Å². The molecule has 2 aromatic carbocycles. The molecule has 0 saturated heterocycles. The molecule has 0 bridgehead atoms. The first-order chi connectivity index (χ1) is 12.3. The van der Waals surface area contributed by atoms with E-state index in [2.05, 4.69) is 5.16 Å². The van der Waals surface area contributed by atoms with Gasteiger partial charge in [-0.05, 0) is 35.0 Å². The number of benzene rings is 2. The van der Waals surface area contributed by atoms with Gasteiger partial charge in [0.2, 0.25) is 0 Å². The van der Waals surface area contributed by atoms with Crippen LogP contribution in [-0.4, -0.2) is 11.9 Å². The second kappa shape index (κ2) is 6.15. The van der Waals surface area contributed by atoms with E-state index in [1.165, 1.54) is 29.5 Å². The Bertz CT molecular complexity index is 1010. The lowest BCUT2D eigenvalue weighted by molar-refractivity contribution is -0.275. The third-order valence-electron chi connectivity index (χ3n) is 4.30. The van der Waals surface area contributed by atoms with Gasteiger partial charge in [0.05, 0.1) is 12.1 Å². The lowest BCUT2D eigenvalue weighted by Crippen LogP contribution is -2.42. The molecule has 1 aliphatic rings. The van der Waals surface area contributed by atoms with Crippen LogP contribution in [0.1, 0.15) is 17.5 Å². The Balaban J connectivity index is 1.82. The van der Waals surface area contributed by atoms with Crippen LogP contribution in [0.2, 0.25) is 10.0 Å². The summed E-state index contributed by atoms with van der Waals surface area (Å²) in [5, 5.41) is 6.86. The molecule has 1 atom stereocenters. The Morgan fingerprint density at radius 2 is 1.81 bits per heavy atom. The molecule has 0 radical (unpaired) electrons. The van der Waals surface area contributed by atoms with E-state index in [0.29, 0.717) is 5.56 Å². The van der Waals surface area contributed by atoms with E-state index in [9.17, 15) is 13.2 Å². The fourth-order valence-electron chi connectivity index (χ4n) is 3.06. The topological polar surface area (TPSA) is 21.6 Å². The van der Waals surface area contributed by atoms with Crippen molar-refractivity contribution in [2.24, 2.45) is 5.16 Å². The molecule has 0 aliphatic carbocycles. The van der Waals surface area contributed by atoms with Crippen molar-refractivity contribution in [3.05, 3.63) is 69.0 Å². The normalized spacial score (nSPS) is 20.3. The fourth-order valence-corrected chi connectivity index (χ4v) is 4.52. The van der Waals surface area contributed by atoms with E-state index in [0.717, 1.165) is 10.1 Å². The standard InChI is InChI=1S/C18H10Cl2F3NOS/c19-12-6-11(7-13(20)8-12)17(18(21,22)23)9-15(24-25-17)14-3-1-2-10-4-5-26-16(10)14/h1-8H,9H2. The average Bonchev–Trinajstić information content (AvgIpc) is 3.21. The highest BCUT2D eigenvalue weighted by Gasteiger charge is 2.62. The number of oxime groups is 1. The molecule has 0 amide bonds. The van der Waals surface area contributed by atoms with Crippen LogP contribution in [0.5, 0.6) is 0 Å². The smallest absolute Gasteiger partial charge is 0.374 e. The molecule has 26 heavy (non-hydrogen) atoms. The summed E-state index contributed by atoms with van der Waals surface area (Å²) in [5.41, 5.74) is -1.90. The van der Waals surface area contributed by atoms with Gasteiger partial charge in [0.25, 0.3) is 5.60 Å². The van der Waals surface area contributed by atoms with Crippen molar-refractivity contribution in [2.75, 3.05) is 0 Å². The summed E-state index contributed by atoms with van der Waals surface area (Å²) < 4.78 is 43.0. The third kappa shape index (κ3) is 2.76. The highest BCUT2D eigenvalue weighted by molar-refractivity contribution is 7.17. The van der Waals surface area contributed by atoms with Crippen molar-refractivity contribution in [1.82, 2.24) is 0 Å². The van der Waals surface area contributed by atoms with Crippen molar-refractivity contribution >= 4 is 50.3 Å². The summed E-state index contributed by atoms with van der Waals surface area (Å²) in [6.45, 7) is 0. The van der Waals surface area contributed by atoms with Gasteiger partial charge in [0.1, 0.15) is 0 Å². The van der Waals surface area contributed by atoms with Gasteiger partial charge < -0.3 is 4.84 Å². The molecule has 0 spiro atoms. The molecule has 2 heterocycles. The van der Waals surface area contributed by atoms with Gasteiger partial charge in [-0.1, -0.05) is 46.6 Å². The van der Waals surface area contributed by atoms with Crippen molar-refractivity contribution in [3.8, 4) is 0 Å². The monoisotopic (exact) mass is 415 g/mol. The first kappa shape index (κ1) is 17.6. The molecule has 3 aromatic rings. The number of alkyl halides is 3. The van der Waals surface area contributed by atoms with Crippen molar-refractivity contribution in [3.63, 3.8) is 0 Å². The van der Waals surface area contributed by atoms with Crippen LogP contribution < -0.4 is 0 Å². The average molecular weight is 416 g/mol. The summed E-state index contributed by atoms with van der Waals surface area (Å²) in [7, 11) is 0. The number of fused-ring (bicyclic) bond motifs is 1. The van der Waals surface area contributed by atoms with Gasteiger partial charge in [-0.2, -0.15) is 13.2 Å². The van der Waals surface area contributed by atoms with Crippen molar-refractivity contribution in [1.29, 1.82) is 0 Å². The van der Waals surface area contributed by atoms with Gasteiger partial charge in [-0.25, -0.2) is 0 Å². The van der Waals surface area contributed by atoms with Gasteiger partial charge in [-0.15, -0.1) is 11.3 Å². The van der Waals surface area contributed by atoms with Crippen LogP contribution in [0.4, 0.5) is 13.2 Å². The number of thiophene rings is 1. The molecule has 4 rings (SSSR count). The van der Waals surface area contributed by atoms with Gasteiger partial charge in [-0.3, -0.25) is 0 Å². The van der Waals surface area contributed by atoms with Crippen molar-refractivity contribution < 1.29 is 18.0 Å². The predicted molar refractivity (Wildman–Crippen MR) is 98.3 cm³/mol. The number of nitrogens with zero attached hydrogens (tertiary/aromatic N) is 1. The molecule has 8 heteroatoms. The van der Waals surface area contributed by atoms with Crippen LogP contribution in [0.15, 0.2) is 53.0 Å². The Labute approximate surface area is 160 Å². The van der Waals surface area contributed by atoms with Crippen LogP contribution in [0.25, 0.3) is 10.1 Å². The third-order valence-corrected chi connectivity index (χ3v) is 5.70. The molecular weight excluding hydrogens is 406 g/mol. The van der Waals surface area contributed by atoms with E-state index in [1.807, 2.05) is 17.5 Å². The number of hydrogen-bond donors (Lipinski definition) is 0. The molecule has 0 fully saturated rings. The van der Waals surface area contributed by atoms with E-state index in [4.69, 9.17) is 28.0 Å². The number of halogens is 5. The van der Waals surface area contributed by atoms with Gasteiger partial charge >= 0.3 is 6.18 Å². The summed E-state index contributed by atoms with van der Waals surface area (Å²) in [6, 6.07) is 11.2. The number of rotatable bonds is 2. The molecule has 1 unspecified atom stereocenters. The van der Waals surface area contributed by atoms with Crippen molar-refractivity contribution in [2.45, 2.75) is 18.2 Å². The summed E-state index contributed by atoms with van der Waals surface area (Å²) in [4.78, 5) is 5.04. The van der Waals surface area contributed by atoms with Gasteiger partial charge in [0.15, 0.2) is 0 Å². The Morgan fingerprint density at radius 1 is 1.08 bits per heavy atom. The Kier molecular flexibility index (Phi) is 4.17. The highest BCUT2D eigenvalue weighted by Crippen LogP contribution is 2.50. The second-order valence-electron chi connectivity index (χ2n) is 5.93. The minimum Gasteiger partial charge on any atom is -0.374 e. The van der Waals surface area contributed by atoms with Crippen LogP contribution in [0.3, 0.4) is 0 Å². The van der Waals surface area contributed by atoms with Crippen LogP contribution in [0, 0.1) is 0 Å². The second-order valence-corrected chi connectivity index (χ2v) is 7.72. The van der Waals surface area contributed by atoms with E-state index >= 15 is 0 Å². The zero-order chi connectivity index (χ0) is 18.5. The SMILES string of the molecule is FC(F)(F)C1(c2cc(Cl)cc(Cl)c2)CC(c2cccc3ccsc23)=NO1. The van der Waals surface area contributed by atoms with E-state index < -0.39 is 18.2 Å². The molecule has 0 saturated carbocycles. The quantitative estimate of drug-likeness (QED) is 0.451. The molecule has 2 nitrogen and oxygen atoms in total. The number of hydrogen-bond acceptors (Lipinski definition) is 3. The minimum atomic E-state index is -4.70. The first-order valence-corrected chi connectivity index (χ1v) is 9.19. The Hall–Kier alpha value is -1.76. The Morgan fingerprint density at radius 3 is 2.50 bits per heavy atom. The summed E-state index contributed by atoms with van der Waals surface area (Å²) in [6.07, 6.45) is -5.15. The fraction of sp³-hybridized carbons (Fsp3) is 0.167. The molecule has 1 aliphatic heterocycles. The minimum absolute atomic E-state index is 0.105. The lowest BCUT2D eigenvalue weighted by Gasteiger charge is -2.29. The van der Waals surface area contributed by atoms with Gasteiger partial charge in [0, 0.05) is 25.9 Å².